The molecule has 3 heterocycles. The van der Waals surface area contributed by atoms with Gasteiger partial charge in [0.1, 0.15) is 0 Å². The summed E-state index contributed by atoms with van der Waals surface area (Å²) < 4.78 is 1.02. The third kappa shape index (κ3) is 3.08. The van der Waals surface area contributed by atoms with Gasteiger partial charge in [0.2, 0.25) is 0 Å². The van der Waals surface area contributed by atoms with Crippen molar-refractivity contribution in [2.75, 3.05) is 26.2 Å². The second-order valence-electron chi connectivity index (χ2n) is 5.71. The third-order valence-electron chi connectivity index (χ3n) is 4.36. The quantitative estimate of drug-likeness (QED) is 0.881. The van der Waals surface area contributed by atoms with Crippen LogP contribution >= 0.6 is 27.3 Å². The molecule has 20 heavy (non-hydrogen) atoms. The number of halogens is 1. The van der Waals surface area contributed by atoms with Crippen molar-refractivity contribution in [3.05, 3.63) is 20.8 Å². The molecule has 4 nitrogen and oxygen atoms in total. The van der Waals surface area contributed by atoms with E-state index in [-0.39, 0.29) is 5.91 Å². The largest absolute Gasteiger partial charge is 0.337 e. The molecular formula is C14H20BrN3OS. The Labute approximate surface area is 132 Å². The summed E-state index contributed by atoms with van der Waals surface area (Å²) in [6.45, 7) is 3.90. The van der Waals surface area contributed by atoms with Crippen LogP contribution in [0.2, 0.25) is 0 Å². The van der Waals surface area contributed by atoms with Gasteiger partial charge in [-0.2, -0.15) is 0 Å². The van der Waals surface area contributed by atoms with Crippen molar-refractivity contribution < 1.29 is 4.79 Å². The van der Waals surface area contributed by atoms with E-state index in [0.29, 0.717) is 12.1 Å². The highest BCUT2D eigenvalue weighted by molar-refractivity contribution is 9.11. The number of hydrogen-bond acceptors (Lipinski definition) is 4. The maximum atomic E-state index is 12.4. The summed E-state index contributed by atoms with van der Waals surface area (Å²) in [7, 11) is 0. The molecule has 1 aromatic heterocycles. The lowest BCUT2D eigenvalue weighted by molar-refractivity contribution is 0.0770. The van der Waals surface area contributed by atoms with Gasteiger partial charge in [0, 0.05) is 30.6 Å². The fraction of sp³-hybridized carbons (Fsp3) is 0.643. The summed E-state index contributed by atoms with van der Waals surface area (Å²) in [6, 6.07) is 2.81. The van der Waals surface area contributed by atoms with Crippen molar-refractivity contribution in [2.24, 2.45) is 5.73 Å². The summed E-state index contributed by atoms with van der Waals surface area (Å²) in [5, 5.41) is 1.93. The summed E-state index contributed by atoms with van der Waals surface area (Å²) in [5.74, 6) is 0.170. The van der Waals surface area contributed by atoms with E-state index in [9.17, 15) is 4.79 Å². The standard InChI is InChI=1S/C14H20BrN3OS/c15-13-7-10(9-20-13)14(19)18-6-3-12(8-18)17-4-1-11(16)2-5-17/h7,9,11-12H,1-6,8,16H2. The molecule has 2 saturated heterocycles. The zero-order valence-corrected chi connectivity index (χ0v) is 13.8. The predicted octanol–water partition coefficient (Wildman–Crippen LogP) is 2.15. The predicted molar refractivity (Wildman–Crippen MR) is 85.1 cm³/mol. The minimum absolute atomic E-state index is 0.170. The number of rotatable bonds is 2. The number of carbonyl (C=O) groups is 1. The van der Waals surface area contributed by atoms with E-state index in [1.807, 2.05) is 16.3 Å². The number of thiophene rings is 1. The first-order valence-corrected chi connectivity index (χ1v) is 8.83. The molecule has 2 aliphatic heterocycles. The molecule has 0 aromatic carbocycles. The van der Waals surface area contributed by atoms with Crippen molar-refractivity contribution in [3.63, 3.8) is 0 Å². The normalized spacial score (nSPS) is 25.3. The van der Waals surface area contributed by atoms with Gasteiger partial charge in [-0.3, -0.25) is 9.69 Å². The van der Waals surface area contributed by atoms with Gasteiger partial charge in [-0.25, -0.2) is 0 Å². The summed E-state index contributed by atoms with van der Waals surface area (Å²) in [6.07, 6.45) is 3.26. The van der Waals surface area contributed by atoms with Crippen LogP contribution in [0.5, 0.6) is 0 Å². The van der Waals surface area contributed by atoms with Crippen LogP contribution in [0.1, 0.15) is 29.6 Å². The van der Waals surface area contributed by atoms with Crippen LogP contribution in [0.3, 0.4) is 0 Å². The van der Waals surface area contributed by atoms with E-state index in [1.54, 1.807) is 11.3 Å². The van der Waals surface area contributed by atoms with Crippen LogP contribution in [0.15, 0.2) is 15.2 Å². The molecule has 0 spiro atoms. The first kappa shape index (κ1) is 14.5. The molecule has 0 radical (unpaired) electrons. The van der Waals surface area contributed by atoms with Crippen molar-refractivity contribution >= 4 is 33.2 Å². The fourth-order valence-corrected chi connectivity index (χ4v) is 4.24. The average molecular weight is 358 g/mol. The number of hydrogen-bond donors (Lipinski definition) is 1. The second kappa shape index (κ2) is 6.13. The number of nitrogens with two attached hydrogens (primary N) is 1. The van der Waals surface area contributed by atoms with Gasteiger partial charge in [0.05, 0.1) is 9.35 Å². The zero-order valence-electron chi connectivity index (χ0n) is 11.4. The molecule has 0 aliphatic carbocycles. The van der Waals surface area contributed by atoms with Crippen LogP contribution < -0.4 is 5.73 Å². The highest BCUT2D eigenvalue weighted by Crippen LogP contribution is 2.25. The Hall–Kier alpha value is -0.430. The van der Waals surface area contributed by atoms with Crippen molar-refractivity contribution in [1.82, 2.24) is 9.80 Å². The van der Waals surface area contributed by atoms with Gasteiger partial charge in [-0.05, 0) is 54.3 Å². The van der Waals surface area contributed by atoms with Crippen LogP contribution in [0, 0.1) is 0 Å². The molecule has 1 aromatic rings. The number of carbonyl (C=O) groups excluding carboxylic acids is 1. The molecule has 2 N–H and O–H groups in total. The molecule has 1 unspecified atom stereocenters. The molecule has 1 atom stereocenters. The monoisotopic (exact) mass is 357 g/mol. The molecule has 6 heteroatoms. The van der Waals surface area contributed by atoms with Crippen LogP contribution in [0.4, 0.5) is 0 Å². The van der Waals surface area contributed by atoms with E-state index in [4.69, 9.17) is 5.73 Å². The van der Waals surface area contributed by atoms with Crippen molar-refractivity contribution in [3.8, 4) is 0 Å². The third-order valence-corrected chi connectivity index (χ3v) is 5.86. The molecule has 1 amide bonds. The van der Waals surface area contributed by atoms with E-state index in [1.165, 1.54) is 0 Å². The van der Waals surface area contributed by atoms with E-state index in [2.05, 4.69) is 20.8 Å². The SMILES string of the molecule is NC1CCN(C2CCN(C(=O)c3csc(Br)c3)C2)CC1. The fourth-order valence-electron chi connectivity index (χ4n) is 3.11. The summed E-state index contributed by atoms with van der Waals surface area (Å²) >= 11 is 4.98. The Balaban J connectivity index is 1.58. The van der Waals surface area contributed by atoms with Crippen molar-refractivity contribution in [2.45, 2.75) is 31.3 Å². The summed E-state index contributed by atoms with van der Waals surface area (Å²) in [5.41, 5.74) is 6.76. The average Bonchev–Trinajstić information content (AvgIpc) is 3.08. The van der Waals surface area contributed by atoms with E-state index < -0.39 is 0 Å². The Morgan fingerprint density at radius 2 is 2.05 bits per heavy atom. The summed E-state index contributed by atoms with van der Waals surface area (Å²) in [4.78, 5) is 16.9. The molecular weight excluding hydrogens is 338 g/mol. The van der Waals surface area contributed by atoms with Crippen LogP contribution in [0.25, 0.3) is 0 Å². The molecule has 0 bridgehead atoms. The lowest BCUT2D eigenvalue weighted by Gasteiger charge is -2.34. The lowest BCUT2D eigenvalue weighted by Crippen LogP contribution is -2.46. The first-order chi connectivity index (χ1) is 9.63. The lowest BCUT2D eigenvalue weighted by atomic mass is 10.0. The Kier molecular flexibility index (Phi) is 4.45. The Bertz CT molecular complexity index is 485. The molecule has 0 saturated carbocycles. The highest BCUT2D eigenvalue weighted by atomic mass is 79.9. The molecule has 2 aliphatic rings. The maximum absolute atomic E-state index is 12.4. The van der Waals surface area contributed by atoms with Crippen molar-refractivity contribution in [1.29, 1.82) is 0 Å². The molecule has 2 fully saturated rings. The van der Waals surface area contributed by atoms with Gasteiger partial charge in [0.25, 0.3) is 5.91 Å². The Morgan fingerprint density at radius 1 is 1.30 bits per heavy atom. The van der Waals surface area contributed by atoms with Gasteiger partial charge in [-0.15, -0.1) is 11.3 Å². The minimum Gasteiger partial charge on any atom is -0.337 e. The number of piperidine rings is 1. The molecule has 3 rings (SSSR count). The van der Waals surface area contributed by atoms with Gasteiger partial charge < -0.3 is 10.6 Å². The molecule has 110 valence electrons. The number of likely N-dealkylation sites (tertiary alicyclic amines) is 2. The smallest absolute Gasteiger partial charge is 0.254 e. The van der Waals surface area contributed by atoms with Gasteiger partial charge in [0.15, 0.2) is 0 Å². The Morgan fingerprint density at radius 3 is 2.70 bits per heavy atom. The highest BCUT2D eigenvalue weighted by Gasteiger charge is 2.32. The maximum Gasteiger partial charge on any atom is 0.254 e. The zero-order chi connectivity index (χ0) is 14.1. The van der Waals surface area contributed by atoms with E-state index >= 15 is 0 Å². The van der Waals surface area contributed by atoms with Crippen LogP contribution in [-0.2, 0) is 0 Å². The van der Waals surface area contributed by atoms with E-state index in [0.717, 1.165) is 54.8 Å². The number of amides is 1. The van der Waals surface area contributed by atoms with Crippen LogP contribution in [-0.4, -0.2) is 54.0 Å². The second-order valence-corrected chi connectivity index (χ2v) is 8.00. The first-order valence-electron chi connectivity index (χ1n) is 7.16. The minimum atomic E-state index is 0.170. The van der Waals surface area contributed by atoms with Gasteiger partial charge >= 0.3 is 0 Å². The number of nitrogens with zero attached hydrogens (tertiary/aromatic N) is 2. The van der Waals surface area contributed by atoms with Gasteiger partial charge in [-0.1, -0.05) is 0 Å². The topological polar surface area (TPSA) is 49.6 Å².